The Labute approximate surface area is 213 Å². The molecule has 0 aromatic heterocycles. The predicted molar refractivity (Wildman–Crippen MR) is 133 cm³/mol. The molecule has 3 amide bonds. The maximum absolute atomic E-state index is 12.6. The van der Waals surface area contributed by atoms with Crippen molar-refractivity contribution >= 4 is 30.1 Å². The van der Waals surface area contributed by atoms with Gasteiger partial charge in [-0.3, -0.25) is 15.2 Å². The number of rotatable bonds is 5. The topological polar surface area (TPSA) is 157 Å². The predicted octanol–water partition coefficient (Wildman–Crippen LogP) is 3.43. The summed E-state index contributed by atoms with van der Waals surface area (Å²) in [4.78, 5) is 53.4. The minimum atomic E-state index is -0.989. The Hall–Kier alpha value is -3.09. The molecule has 0 atom stereocenters. The molecule has 0 saturated heterocycles. The minimum Gasteiger partial charge on any atom is -0.459 e. The van der Waals surface area contributed by atoms with Gasteiger partial charge in [0, 0.05) is 0 Å². The van der Waals surface area contributed by atoms with E-state index < -0.39 is 53.2 Å². The molecule has 0 aromatic carbocycles. The lowest BCUT2D eigenvalue weighted by Gasteiger charge is -2.29. The number of hydrazine groups is 2. The van der Waals surface area contributed by atoms with Crippen molar-refractivity contribution in [1.82, 2.24) is 21.3 Å². The maximum Gasteiger partial charge on any atom is 0.435 e. The van der Waals surface area contributed by atoms with Crippen molar-refractivity contribution in [3.05, 3.63) is 0 Å². The zero-order valence-corrected chi connectivity index (χ0v) is 23.6. The van der Waals surface area contributed by atoms with E-state index in [0.29, 0.717) is 0 Å². The minimum absolute atomic E-state index is 0.183. The number of amides is 3. The van der Waals surface area contributed by atoms with Gasteiger partial charge in [0.05, 0.1) is 6.54 Å². The summed E-state index contributed by atoms with van der Waals surface area (Å²) < 4.78 is 21.0. The summed E-state index contributed by atoms with van der Waals surface area (Å²) in [5.74, 6) is -0.910. The van der Waals surface area contributed by atoms with Crippen LogP contribution in [0.5, 0.6) is 0 Å². The summed E-state index contributed by atoms with van der Waals surface area (Å²) in [6, 6.07) is 0. The van der Waals surface area contributed by atoms with Gasteiger partial charge in [-0.1, -0.05) is 0 Å². The van der Waals surface area contributed by atoms with Crippen molar-refractivity contribution in [2.75, 3.05) is 13.1 Å². The molecule has 13 heteroatoms. The summed E-state index contributed by atoms with van der Waals surface area (Å²) in [6.45, 7) is 19.2. The van der Waals surface area contributed by atoms with Crippen molar-refractivity contribution in [2.45, 2.75) is 105 Å². The summed E-state index contributed by atoms with van der Waals surface area (Å²) in [5.41, 5.74) is 3.97. The van der Waals surface area contributed by atoms with Crippen LogP contribution in [0.2, 0.25) is 0 Å². The number of hydrogen-bond donors (Lipinski definition) is 3. The molecule has 0 rings (SSSR count). The first kappa shape index (κ1) is 32.9. The van der Waals surface area contributed by atoms with E-state index in [1.165, 1.54) is 0 Å². The fourth-order valence-electron chi connectivity index (χ4n) is 2.19. The average Bonchev–Trinajstić information content (AvgIpc) is 2.53. The molecule has 0 saturated carbocycles. The number of hydrogen-bond acceptors (Lipinski definition) is 9. The van der Waals surface area contributed by atoms with Gasteiger partial charge in [-0.05, 0) is 83.1 Å². The van der Waals surface area contributed by atoms with Crippen LogP contribution in [0.15, 0.2) is 4.99 Å². The average molecular weight is 518 g/mol. The molecule has 0 aliphatic rings. The van der Waals surface area contributed by atoms with Gasteiger partial charge in [-0.2, -0.15) is 4.99 Å². The van der Waals surface area contributed by atoms with Gasteiger partial charge < -0.3 is 18.9 Å². The van der Waals surface area contributed by atoms with E-state index in [9.17, 15) is 19.2 Å². The largest absolute Gasteiger partial charge is 0.459 e. The molecule has 0 radical (unpaired) electrons. The van der Waals surface area contributed by atoms with E-state index in [2.05, 4.69) is 21.3 Å². The molecule has 13 nitrogen and oxygen atoms in total. The molecule has 208 valence electrons. The number of amidine groups is 1. The van der Waals surface area contributed by atoms with Crippen LogP contribution in [-0.2, 0) is 23.7 Å². The van der Waals surface area contributed by atoms with E-state index in [-0.39, 0.29) is 12.4 Å². The fraction of sp³-hybridized carbons (Fsp3) is 0.783. The van der Waals surface area contributed by atoms with Crippen LogP contribution in [0, 0.1) is 0 Å². The second-order valence-corrected chi connectivity index (χ2v) is 11.8. The zero-order chi connectivity index (χ0) is 28.5. The zero-order valence-electron chi connectivity index (χ0n) is 23.6. The number of carbonyl (C=O) groups is 4. The van der Waals surface area contributed by atoms with Crippen molar-refractivity contribution in [3.8, 4) is 0 Å². The second-order valence-electron chi connectivity index (χ2n) is 11.8. The lowest BCUT2D eigenvalue weighted by Crippen LogP contribution is -2.55. The van der Waals surface area contributed by atoms with E-state index in [0.717, 1.165) is 5.01 Å². The molecule has 0 aliphatic carbocycles. The number of ether oxygens (including phenoxy) is 4. The number of esters is 1. The third kappa shape index (κ3) is 18.3. The Balaban J connectivity index is 5.98. The lowest BCUT2D eigenvalue weighted by atomic mass is 10.2. The van der Waals surface area contributed by atoms with Crippen molar-refractivity contribution in [2.24, 2.45) is 4.99 Å². The number of aliphatic imine (C=N–C) groups is 1. The van der Waals surface area contributed by atoms with Gasteiger partial charge >= 0.3 is 24.2 Å². The fourth-order valence-corrected chi connectivity index (χ4v) is 2.19. The van der Waals surface area contributed by atoms with Gasteiger partial charge in [0.25, 0.3) is 0 Å². The van der Waals surface area contributed by atoms with Crippen LogP contribution < -0.4 is 16.3 Å². The molecule has 3 N–H and O–H groups in total. The molecule has 36 heavy (non-hydrogen) atoms. The summed E-state index contributed by atoms with van der Waals surface area (Å²) in [6.07, 6.45) is -2.70. The first-order valence-corrected chi connectivity index (χ1v) is 11.5. The molecular formula is C23H43N5O8. The molecule has 0 bridgehead atoms. The quantitative estimate of drug-likeness (QED) is 0.162. The highest BCUT2D eigenvalue weighted by Gasteiger charge is 2.27. The highest BCUT2D eigenvalue weighted by atomic mass is 16.6. The Bertz CT molecular complexity index is 784. The van der Waals surface area contributed by atoms with E-state index in [4.69, 9.17) is 18.9 Å². The Morgan fingerprint density at radius 2 is 1.11 bits per heavy atom. The van der Waals surface area contributed by atoms with Gasteiger partial charge in [0.15, 0.2) is 0 Å². The lowest BCUT2D eigenvalue weighted by molar-refractivity contribution is -0.155. The highest BCUT2D eigenvalue weighted by Crippen LogP contribution is 2.11. The summed E-state index contributed by atoms with van der Waals surface area (Å²) in [5, 5.41) is 0.968. The van der Waals surface area contributed by atoms with Gasteiger partial charge in [0.2, 0.25) is 0 Å². The summed E-state index contributed by atoms with van der Waals surface area (Å²) in [7, 11) is 0. The van der Waals surface area contributed by atoms with Crippen molar-refractivity contribution in [1.29, 1.82) is 0 Å². The molecule has 0 aromatic rings. The van der Waals surface area contributed by atoms with Crippen LogP contribution in [0.3, 0.4) is 0 Å². The van der Waals surface area contributed by atoms with E-state index >= 15 is 0 Å². The van der Waals surface area contributed by atoms with Crippen molar-refractivity contribution < 1.29 is 38.1 Å². The van der Waals surface area contributed by atoms with Gasteiger partial charge in [-0.25, -0.2) is 25.2 Å². The van der Waals surface area contributed by atoms with Crippen LogP contribution >= 0.6 is 0 Å². The second kappa shape index (κ2) is 12.7. The maximum atomic E-state index is 12.6. The molecular weight excluding hydrogens is 474 g/mol. The molecule has 0 aliphatic heterocycles. The van der Waals surface area contributed by atoms with Crippen molar-refractivity contribution in [3.63, 3.8) is 0 Å². The SMILES string of the molecule is CC(C)(C)OC(=O)CN(NC(=O)OC(C)(C)C)/C(CNNC(=O)OC(C)(C)C)=N\C(=O)OC(C)(C)C. The number of nitrogens with one attached hydrogen (secondary N) is 3. The first-order chi connectivity index (χ1) is 16.0. The van der Waals surface area contributed by atoms with Gasteiger partial charge in [0.1, 0.15) is 34.8 Å². The smallest absolute Gasteiger partial charge is 0.435 e. The molecule has 0 heterocycles. The third-order valence-electron chi connectivity index (χ3n) is 3.09. The van der Waals surface area contributed by atoms with Crippen LogP contribution in [-0.4, -0.2) is 70.6 Å². The molecule has 0 unspecified atom stereocenters. The van der Waals surface area contributed by atoms with E-state index in [1.807, 2.05) is 0 Å². The van der Waals surface area contributed by atoms with Crippen LogP contribution in [0.4, 0.5) is 14.4 Å². The molecule has 0 fully saturated rings. The van der Waals surface area contributed by atoms with Crippen LogP contribution in [0.1, 0.15) is 83.1 Å². The van der Waals surface area contributed by atoms with E-state index in [1.54, 1.807) is 83.1 Å². The normalized spacial score (nSPS) is 12.8. The Morgan fingerprint density at radius 1 is 0.667 bits per heavy atom. The standard InChI is InChI=1S/C23H43N5O8/c1-20(2,3)33-16(29)14-28(27-19(32)36-23(10,11)12)15(25-17(30)34-21(4,5)6)13-24-26-18(31)35-22(7,8)9/h24H,13-14H2,1-12H3,(H,26,31)(H,27,32)/b25-15-. The molecule has 0 spiro atoms. The Morgan fingerprint density at radius 3 is 1.56 bits per heavy atom. The Kier molecular flexibility index (Phi) is 11.7. The van der Waals surface area contributed by atoms with Crippen LogP contribution in [0.25, 0.3) is 0 Å². The third-order valence-corrected chi connectivity index (χ3v) is 3.09. The number of carbonyl (C=O) groups excluding carboxylic acids is 4. The first-order valence-electron chi connectivity index (χ1n) is 11.5. The van der Waals surface area contributed by atoms with Gasteiger partial charge in [-0.15, -0.1) is 0 Å². The number of nitrogens with zero attached hydrogens (tertiary/aromatic N) is 2. The monoisotopic (exact) mass is 517 g/mol. The highest BCUT2D eigenvalue weighted by molar-refractivity contribution is 5.95. The summed E-state index contributed by atoms with van der Waals surface area (Å²) >= 11 is 0.